The maximum Gasteiger partial charge on any atom is 0.252 e. The molecule has 96 valence electrons. The van der Waals surface area contributed by atoms with Gasteiger partial charge in [-0.1, -0.05) is 6.92 Å². The summed E-state index contributed by atoms with van der Waals surface area (Å²) in [6.07, 6.45) is 0.922. The lowest BCUT2D eigenvalue weighted by Gasteiger charge is -2.06. The van der Waals surface area contributed by atoms with Crippen LogP contribution in [0.25, 0.3) is 11.0 Å². The van der Waals surface area contributed by atoms with E-state index in [4.69, 9.17) is 0 Å². The predicted octanol–water partition coefficient (Wildman–Crippen LogP) is 1.72. The van der Waals surface area contributed by atoms with E-state index in [-0.39, 0.29) is 5.91 Å². The highest BCUT2D eigenvalue weighted by atomic mass is 16.1. The zero-order valence-electron chi connectivity index (χ0n) is 11.2. The van der Waals surface area contributed by atoms with Crippen LogP contribution in [0.15, 0.2) is 6.07 Å². The summed E-state index contributed by atoms with van der Waals surface area (Å²) in [7, 11) is 1.84. The molecule has 0 fully saturated rings. The van der Waals surface area contributed by atoms with Crippen LogP contribution in [0, 0.1) is 13.8 Å². The molecular formula is C13H18N4O. The molecule has 2 aromatic rings. The van der Waals surface area contributed by atoms with E-state index in [9.17, 15) is 4.79 Å². The summed E-state index contributed by atoms with van der Waals surface area (Å²) in [4.78, 5) is 16.6. The normalized spacial score (nSPS) is 10.9. The summed E-state index contributed by atoms with van der Waals surface area (Å²) in [6.45, 7) is 6.50. The highest BCUT2D eigenvalue weighted by molar-refractivity contribution is 6.06. The minimum absolute atomic E-state index is 0.0524. The SMILES string of the molecule is CCCNC(=O)c1cc(C)nc2c1c(C)nn2C. The van der Waals surface area contributed by atoms with Gasteiger partial charge in [-0.05, 0) is 26.3 Å². The van der Waals surface area contributed by atoms with Gasteiger partial charge in [-0.2, -0.15) is 5.10 Å². The molecule has 5 heteroatoms. The first-order valence-corrected chi connectivity index (χ1v) is 6.13. The van der Waals surface area contributed by atoms with Crippen molar-refractivity contribution in [3.63, 3.8) is 0 Å². The topological polar surface area (TPSA) is 59.8 Å². The number of carbonyl (C=O) groups is 1. The van der Waals surface area contributed by atoms with E-state index in [1.54, 1.807) is 4.68 Å². The van der Waals surface area contributed by atoms with Crippen molar-refractivity contribution in [1.82, 2.24) is 20.1 Å². The van der Waals surface area contributed by atoms with Crippen molar-refractivity contribution in [2.24, 2.45) is 7.05 Å². The van der Waals surface area contributed by atoms with Crippen LogP contribution < -0.4 is 5.32 Å². The first kappa shape index (κ1) is 12.5. The second-order valence-electron chi connectivity index (χ2n) is 4.47. The van der Waals surface area contributed by atoms with E-state index >= 15 is 0 Å². The molecule has 2 aromatic heterocycles. The van der Waals surface area contributed by atoms with Gasteiger partial charge in [-0.15, -0.1) is 0 Å². The monoisotopic (exact) mass is 246 g/mol. The van der Waals surface area contributed by atoms with Gasteiger partial charge < -0.3 is 5.32 Å². The Balaban J connectivity index is 2.58. The summed E-state index contributed by atoms with van der Waals surface area (Å²) in [6, 6.07) is 1.82. The predicted molar refractivity (Wildman–Crippen MR) is 70.6 cm³/mol. The number of aromatic nitrogens is 3. The highest BCUT2D eigenvalue weighted by Gasteiger charge is 2.16. The Kier molecular flexibility index (Phi) is 3.32. The van der Waals surface area contributed by atoms with Crippen LogP contribution in [0.1, 0.15) is 35.1 Å². The van der Waals surface area contributed by atoms with E-state index in [1.807, 2.05) is 33.9 Å². The molecule has 0 radical (unpaired) electrons. The number of nitrogens with one attached hydrogen (secondary N) is 1. The maximum atomic E-state index is 12.2. The van der Waals surface area contributed by atoms with Gasteiger partial charge in [0.05, 0.1) is 16.6 Å². The number of pyridine rings is 1. The van der Waals surface area contributed by atoms with Gasteiger partial charge in [0, 0.05) is 19.3 Å². The minimum atomic E-state index is -0.0524. The van der Waals surface area contributed by atoms with Crippen LogP contribution in [0.5, 0.6) is 0 Å². The van der Waals surface area contributed by atoms with Crippen LogP contribution >= 0.6 is 0 Å². The first-order valence-electron chi connectivity index (χ1n) is 6.13. The molecule has 0 aliphatic heterocycles. The van der Waals surface area contributed by atoms with Crippen LogP contribution in [-0.2, 0) is 7.05 Å². The number of hydrogen-bond acceptors (Lipinski definition) is 3. The van der Waals surface area contributed by atoms with E-state index in [1.165, 1.54) is 0 Å². The standard InChI is InChI=1S/C13H18N4O/c1-5-6-14-13(18)10-7-8(2)15-12-11(10)9(3)16-17(12)4/h7H,5-6H2,1-4H3,(H,14,18). The molecule has 0 spiro atoms. The zero-order chi connectivity index (χ0) is 13.3. The van der Waals surface area contributed by atoms with E-state index in [0.717, 1.165) is 28.8 Å². The lowest BCUT2D eigenvalue weighted by atomic mass is 10.1. The van der Waals surface area contributed by atoms with Crippen LogP contribution in [0.3, 0.4) is 0 Å². The summed E-state index contributed by atoms with van der Waals surface area (Å²) >= 11 is 0. The van der Waals surface area contributed by atoms with Gasteiger partial charge in [0.2, 0.25) is 0 Å². The molecule has 18 heavy (non-hydrogen) atoms. The number of hydrogen-bond donors (Lipinski definition) is 1. The Morgan fingerprint density at radius 3 is 2.83 bits per heavy atom. The summed E-state index contributed by atoms with van der Waals surface area (Å²) in [5.41, 5.74) is 3.08. The quantitative estimate of drug-likeness (QED) is 0.897. The molecule has 0 aromatic carbocycles. The van der Waals surface area contributed by atoms with Crippen molar-refractivity contribution in [2.75, 3.05) is 6.54 Å². The van der Waals surface area contributed by atoms with Gasteiger partial charge in [-0.25, -0.2) is 4.98 Å². The summed E-state index contributed by atoms with van der Waals surface area (Å²) < 4.78 is 1.72. The molecule has 0 aliphatic carbocycles. The average molecular weight is 246 g/mol. The minimum Gasteiger partial charge on any atom is -0.352 e. The maximum absolute atomic E-state index is 12.2. The Morgan fingerprint density at radius 1 is 1.44 bits per heavy atom. The summed E-state index contributed by atoms with van der Waals surface area (Å²) in [5, 5.41) is 8.07. The molecule has 2 rings (SSSR count). The Morgan fingerprint density at radius 2 is 2.17 bits per heavy atom. The first-order chi connectivity index (χ1) is 8.54. The fraction of sp³-hybridized carbons (Fsp3) is 0.462. The molecule has 5 nitrogen and oxygen atoms in total. The number of rotatable bonds is 3. The van der Waals surface area contributed by atoms with E-state index in [2.05, 4.69) is 15.4 Å². The number of amides is 1. The molecule has 2 heterocycles. The van der Waals surface area contributed by atoms with Crippen molar-refractivity contribution < 1.29 is 4.79 Å². The number of nitrogens with zero attached hydrogens (tertiary/aromatic N) is 3. The van der Waals surface area contributed by atoms with Gasteiger partial charge in [0.25, 0.3) is 5.91 Å². The molecule has 0 saturated carbocycles. The third kappa shape index (κ3) is 2.08. The summed E-state index contributed by atoms with van der Waals surface area (Å²) in [5.74, 6) is -0.0524. The van der Waals surface area contributed by atoms with Gasteiger partial charge >= 0.3 is 0 Å². The van der Waals surface area contributed by atoms with Crippen molar-refractivity contribution in [2.45, 2.75) is 27.2 Å². The molecule has 0 atom stereocenters. The third-order valence-corrected chi connectivity index (χ3v) is 2.88. The molecule has 1 amide bonds. The molecule has 0 aliphatic rings. The Labute approximate surface area is 106 Å². The third-order valence-electron chi connectivity index (χ3n) is 2.88. The number of aryl methyl sites for hydroxylation is 3. The molecule has 1 N–H and O–H groups in total. The molecular weight excluding hydrogens is 228 g/mol. The van der Waals surface area contributed by atoms with Gasteiger partial charge in [0.1, 0.15) is 0 Å². The highest BCUT2D eigenvalue weighted by Crippen LogP contribution is 2.21. The van der Waals surface area contributed by atoms with Crippen molar-refractivity contribution in [3.8, 4) is 0 Å². The zero-order valence-corrected chi connectivity index (χ0v) is 11.2. The Bertz CT molecular complexity index is 601. The van der Waals surface area contributed by atoms with Crippen LogP contribution in [0.4, 0.5) is 0 Å². The lowest BCUT2D eigenvalue weighted by molar-refractivity contribution is 0.0955. The van der Waals surface area contributed by atoms with Crippen molar-refractivity contribution >= 4 is 16.9 Å². The lowest BCUT2D eigenvalue weighted by Crippen LogP contribution is -2.24. The molecule has 0 unspecified atom stereocenters. The fourth-order valence-corrected chi connectivity index (χ4v) is 2.08. The average Bonchev–Trinajstić information content (AvgIpc) is 2.61. The van der Waals surface area contributed by atoms with E-state index in [0.29, 0.717) is 12.1 Å². The smallest absolute Gasteiger partial charge is 0.252 e. The Hall–Kier alpha value is -1.91. The van der Waals surface area contributed by atoms with Crippen LogP contribution in [0.2, 0.25) is 0 Å². The van der Waals surface area contributed by atoms with Gasteiger partial charge in [0.15, 0.2) is 5.65 Å². The second-order valence-corrected chi connectivity index (χ2v) is 4.47. The fourth-order valence-electron chi connectivity index (χ4n) is 2.08. The second kappa shape index (κ2) is 4.76. The number of carbonyl (C=O) groups excluding carboxylic acids is 1. The van der Waals surface area contributed by atoms with Crippen LogP contribution in [-0.4, -0.2) is 27.2 Å². The van der Waals surface area contributed by atoms with Crippen molar-refractivity contribution in [1.29, 1.82) is 0 Å². The molecule has 0 saturated heterocycles. The number of fused-ring (bicyclic) bond motifs is 1. The largest absolute Gasteiger partial charge is 0.352 e. The molecule has 0 bridgehead atoms. The van der Waals surface area contributed by atoms with Crippen molar-refractivity contribution in [3.05, 3.63) is 23.0 Å². The van der Waals surface area contributed by atoms with E-state index < -0.39 is 0 Å². The van der Waals surface area contributed by atoms with Gasteiger partial charge in [-0.3, -0.25) is 9.48 Å².